The summed E-state index contributed by atoms with van der Waals surface area (Å²) in [6.45, 7) is 5.20. The summed E-state index contributed by atoms with van der Waals surface area (Å²) in [6, 6.07) is 6.17. The minimum Gasteiger partial charge on any atom is -0.393 e. The SMILES string of the molecule is C[C@@H]1CCC[C@H](C)N1Cc1ccc(N)c([N+](=O)[O-])c1. The minimum absolute atomic E-state index is 0.00909. The number of nitrogens with zero attached hydrogens (tertiary/aromatic N) is 2. The number of hydrogen-bond acceptors (Lipinski definition) is 4. The van der Waals surface area contributed by atoms with Crippen molar-refractivity contribution in [2.24, 2.45) is 0 Å². The first-order chi connectivity index (χ1) is 8.99. The number of rotatable bonds is 3. The van der Waals surface area contributed by atoms with Crippen molar-refractivity contribution < 1.29 is 4.92 Å². The van der Waals surface area contributed by atoms with Crippen LogP contribution in [0.4, 0.5) is 11.4 Å². The third-order valence-electron chi connectivity index (χ3n) is 4.03. The summed E-state index contributed by atoms with van der Waals surface area (Å²) in [4.78, 5) is 12.9. The van der Waals surface area contributed by atoms with Crippen molar-refractivity contribution in [2.45, 2.75) is 51.7 Å². The second-order valence-electron chi connectivity index (χ2n) is 5.45. The molecular formula is C14H21N3O2. The van der Waals surface area contributed by atoms with Gasteiger partial charge in [-0.3, -0.25) is 15.0 Å². The monoisotopic (exact) mass is 263 g/mol. The average Bonchev–Trinajstić information content (AvgIpc) is 2.35. The molecule has 0 amide bonds. The van der Waals surface area contributed by atoms with Crippen LogP contribution in [-0.4, -0.2) is 21.9 Å². The number of anilines is 1. The molecule has 0 aliphatic carbocycles. The van der Waals surface area contributed by atoms with Gasteiger partial charge in [-0.2, -0.15) is 0 Å². The molecule has 0 saturated carbocycles. The van der Waals surface area contributed by atoms with Crippen LogP contribution in [0.25, 0.3) is 0 Å². The Hall–Kier alpha value is -1.62. The van der Waals surface area contributed by atoms with E-state index < -0.39 is 4.92 Å². The van der Waals surface area contributed by atoms with Crippen LogP contribution in [0.2, 0.25) is 0 Å². The van der Waals surface area contributed by atoms with Crippen LogP contribution in [0, 0.1) is 10.1 Å². The third kappa shape index (κ3) is 3.04. The molecule has 0 aromatic heterocycles. The van der Waals surface area contributed by atoms with Crippen LogP contribution in [-0.2, 0) is 6.54 Å². The van der Waals surface area contributed by atoms with Crippen molar-refractivity contribution in [2.75, 3.05) is 5.73 Å². The molecule has 1 aromatic rings. The van der Waals surface area contributed by atoms with Crippen LogP contribution in [0.5, 0.6) is 0 Å². The van der Waals surface area contributed by atoms with E-state index in [1.54, 1.807) is 12.1 Å². The Labute approximate surface area is 113 Å². The Morgan fingerprint density at radius 2 is 2.00 bits per heavy atom. The van der Waals surface area contributed by atoms with Gasteiger partial charge in [0.25, 0.3) is 5.69 Å². The van der Waals surface area contributed by atoms with Crippen LogP contribution in [0.15, 0.2) is 18.2 Å². The molecule has 1 fully saturated rings. The summed E-state index contributed by atoms with van der Waals surface area (Å²) in [5.41, 5.74) is 6.82. The van der Waals surface area contributed by atoms with Crippen molar-refractivity contribution in [3.63, 3.8) is 0 Å². The van der Waals surface area contributed by atoms with Crippen molar-refractivity contribution in [3.05, 3.63) is 33.9 Å². The molecule has 0 unspecified atom stereocenters. The molecule has 2 atom stereocenters. The number of likely N-dealkylation sites (tertiary alicyclic amines) is 1. The van der Waals surface area contributed by atoms with Crippen LogP contribution in [0.1, 0.15) is 38.7 Å². The molecular weight excluding hydrogens is 242 g/mol. The highest BCUT2D eigenvalue weighted by Crippen LogP contribution is 2.27. The van der Waals surface area contributed by atoms with Crippen LogP contribution < -0.4 is 5.73 Å². The van der Waals surface area contributed by atoms with E-state index in [-0.39, 0.29) is 11.4 Å². The number of piperidine rings is 1. The van der Waals surface area contributed by atoms with E-state index in [4.69, 9.17) is 5.73 Å². The molecule has 0 spiro atoms. The summed E-state index contributed by atoms with van der Waals surface area (Å²) in [6.07, 6.45) is 3.66. The Morgan fingerprint density at radius 1 is 1.37 bits per heavy atom. The largest absolute Gasteiger partial charge is 0.393 e. The molecule has 0 bridgehead atoms. The zero-order valence-electron chi connectivity index (χ0n) is 11.5. The second kappa shape index (κ2) is 5.57. The van der Waals surface area contributed by atoms with Gasteiger partial charge in [0, 0.05) is 24.7 Å². The van der Waals surface area contributed by atoms with Gasteiger partial charge in [0.15, 0.2) is 0 Å². The maximum atomic E-state index is 10.9. The first-order valence-corrected chi connectivity index (χ1v) is 6.77. The first-order valence-electron chi connectivity index (χ1n) is 6.77. The summed E-state index contributed by atoms with van der Waals surface area (Å²) >= 11 is 0. The Kier molecular flexibility index (Phi) is 4.04. The predicted molar refractivity (Wildman–Crippen MR) is 75.8 cm³/mol. The van der Waals surface area contributed by atoms with Gasteiger partial charge in [0.1, 0.15) is 5.69 Å². The Morgan fingerprint density at radius 3 is 2.58 bits per heavy atom. The Bertz CT molecular complexity index is 466. The van der Waals surface area contributed by atoms with E-state index in [1.165, 1.54) is 19.3 Å². The molecule has 1 aliphatic heterocycles. The van der Waals surface area contributed by atoms with Crippen molar-refractivity contribution in [3.8, 4) is 0 Å². The first kappa shape index (κ1) is 13.8. The van der Waals surface area contributed by atoms with E-state index in [0.717, 1.165) is 12.1 Å². The molecule has 1 saturated heterocycles. The Balaban J connectivity index is 2.18. The number of nitrogens with two attached hydrogens (primary N) is 1. The molecule has 5 heteroatoms. The normalized spacial score (nSPS) is 24.3. The number of hydrogen-bond donors (Lipinski definition) is 1. The van der Waals surface area contributed by atoms with Crippen molar-refractivity contribution in [1.29, 1.82) is 0 Å². The van der Waals surface area contributed by atoms with Gasteiger partial charge in [0.2, 0.25) is 0 Å². The van der Waals surface area contributed by atoms with Crippen LogP contribution >= 0.6 is 0 Å². The van der Waals surface area contributed by atoms with E-state index in [0.29, 0.717) is 12.1 Å². The molecule has 2 rings (SSSR count). The van der Waals surface area contributed by atoms with Crippen molar-refractivity contribution >= 4 is 11.4 Å². The molecule has 1 aromatic carbocycles. The summed E-state index contributed by atoms with van der Waals surface area (Å²) in [5, 5.41) is 10.9. The fourth-order valence-corrected chi connectivity index (χ4v) is 2.84. The topological polar surface area (TPSA) is 72.4 Å². The lowest BCUT2D eigenvalue weighted by atomic mass is 9.96. The molecule has 1 heterocycles. The quantitative estimate of drug-likeness (QED) is 0.517. The smallest absolute Gasteiger partial charge is 0.292 e. The molecule has 104 valence electrons. The number of benzene rings is 1. The van der Waals surface area contributed by atoms with Crippen LogP contribution in [0.3, 0.4) is 0 Å². The molecule has 5 nitrogen and oxygen atoms in total. The predicted octanol–water partition coefficient (Wildman–Crippen LogP) is 2.94. The van der Waals surface area contributed by atoms with Gasteiger partial charge in [0.05, 0.1) is 4.92 Å². The van der Waals surface area contributed by atoms with E-state index in [1.807, 2.05) is 6.07 Å². The van der Waals surface area contributed by atoms with Gasteiger partial charge in [-0.25, -0.2) is 0 Å². The maximum Gasteiger partial charge on any atom is 0.292 e. The van der Waals surface area contributed by atoms with E-state index >= 15 is 0 Å². The summed E-state index contributed by atoms with van der Waals surface area (Å²) < 4.78 is 0. The number of nitro benzene ring substituents is 1. The standard InChI is InChI=1S/C14H21N3O2/c1-10-4-3-5-11(2)16(10)9-12-6-7-13(15)14(8-12)17(18)19/h6-8,10-11H,3-5,9,15H2,1-2H3/t10-,11+. The number of nitro groups is 1. The highest BCUT2D eigenvalue weighted by molar-refractivity contribution is 5.59. The van der Waals surface area contributed by atoms with E-state index in [9.17, 15) is 10.1 Å². The van der Waals surface area contributed by atoms with Gasteiger partial charge < -0.3 is 5.73 Å². The average molecular weight is 263 g/mol. The number of nitrogen functional groups attached to an aromatic ring is 1. The zero-order valence-corrected chi connectivity index (χ0v) is 11.5. The highest BCUT2D eigenvalue weighted by Gasteiger charge is 2.25. The highest BCUT2D eigenvalue weighted by atomic mass is 16.6. The molecule has 1 aliphatic rings. The maximum absolute atomic E-state index is 10.9. The zero-order chi connectivity index (χ0) is 14.0. The van der Waals surface area contributed by atoms with Gasteiger partial charge in [-0.15, -0.1) is 0 Å². The fourth-order valence-electron chi connectivity index (χ4n) is 2.84. The van der Waals surface area contributed by atoms with Gasteiger partial charge in [-0.05, 0) is 38.3 Å². The lowest BCUT2D eigenvalue weighted by molar-refractivity contribution is -0.384. The third-order valence-corrected chi connectivity index (χ3v) is 4.03. The molecule has 19 heavy (non-hydrogen) atoms. The van der Waals surface area contributed by atoms with Gasteiger partial charge >= 0.3 is 0 Å². The van der Waals surface area contributed by atoms with E-state index in [2.05, 4.69) is 18.7 Å². The van der Waals surface area contributed by atoms with Crippen molar-refractivity contribution in [1.82, 2.24) is 4.90 Å². The lowest BCUT2D eigenvalue weighted by Crippen LogP contribution is -2.42. The minimum atomic E-state index is -0.415. The second-order valence-corrected chi connectivity index (χ2v) is 5.45. The van der Waals surface area contributed by atoms with Gasteiger partial charge in [-0.1, -0.05) is 12.5 Å². The summed E-state index contributed by atoms with van der Waals surface area (Å²) in [5.74, 6) is 0. The summed E-state index contributed by atoms with van der Waals surface area (Å²) in [7, 11) is 0. The molecule has 0 radical (unpaired) electrons. The molecule has 2 N–H and O–H groups in total. The lowest BCUT2D eigenvalue weighted by Gasteiger charge is -2.39. The fraction of sp³-hybridized carbons (Fsp3) is 0.571.